The molecule has 0 aromatic heterocycles. The number of benzene rings is 3. The Morgan fingerprint density at radius 3 is 1.62 bits per heavy atom. The normalized spacial score (nSPS) is 12.6. The third-order valence-corrected chi connectivity index (χ3v) is 5.40. The Labute approximate surface area is 218 Å². The van der Waals surface area contributed by atoms with Gasteiger partial charge >= 0.3 is 12.1 Å². The number of ether oxygens (including phenoxy) is 2. The summed E-state index contributed by atoms with van der Waals surface area (Å²) in [5.41, 5.74) is 1.83. The van der Waals surface area contributed by atoms with Crippen molar-refractivity contribution in [3.8, 4) is 0 Å². The molecule has 3 aromatic carbocycles. The van der Waals surface area contributed by atoms with Crippen LogP contribution in [0.3, 0.4) is 0 Å². The van der Waals surface area contributed by atoms with E-state index in [1.807, 2.05) is 91.0 Å². The van der Waals surface area contributed by atoms with E-state index in [0.717, 1.165) is 16.7 Å². The maximum absolute atomic E-state index is 13.4. The molecule has 194 valence electrons. The number of carbonyl (C=O) groups is 3. The second-order valence-electron chi connectivity index (χ2n) is 9.73. The fourth-order valence-corrected chi connectivity index (χ4v) is 3.65. The molecular weight excluding hydrogens is 468 g/mol. The molecule has 0 saturated heterocycles. The third-order valence-electron chi connectivity index (χ3n) is 5.40. The lowest BCUT2D eigenvalue weighted by molar-refractivity contribution is -0.149. The van der Waals surface area contributed by atoms with Gasteiger partial charge in [-0.15, -0.1) is 0 Å². The fraction of sp³-hybridized carbons (Fsp3) is 0.300. The molecule has 0 aliphatic carbocycles. The largest absolute Gasteiger partial charge is 0.459 e. The topological polar surface area (TPSA) is 93.7 Å². The number of amides is 2. The van der Waals surface area contributed by atoms with Gasteiger partial charge in [0.05, 0.1) is 0 Å². The zero-order chi connectivity index (χ0) is 26.7. The van der Waals surface area contributed by atoms with Crippen LogP contribution < -0.4 is 10.6 Å². The molecule has 0 radical (unpaired) electrons. The predicted molar refractivity (Wildman–Crippen MR) is 142 cm³/mol. The van der Waals surface area contributed by atoms with Crippen molar-refractivity contribution in [2.24, 2.45) is 0 Å². The average Bonchev–Trinajstić information content (AvgIpc) is 2.87. The molecule has 0 saturated carbocycles. The number of nitrogens with one attached hydrogen (secondary N) is 2. The minimum Gasteiger partial charge on any atom is -0.459 e. The minimum absolute atomic E-state index is 0.0877. The number of carbonyl (C=O) groups excluding carboxylic acids is 3. The number of esters is 1. The minimum atomic E-state index is -0.961. The third kappa shape index (κ3) is 9.80. The molecule has 2 N–H and O–H groups in total. The molecule has 0 fully saturated rings. The highest BCUT2D eigenvalue weighted by Gasteiger charge is 2.29. The van der Waals surface area contributed by atoms with Crippen molar-refractivity contribution in [1.29, 1.82) is 0 Å². The van der Waals surface area contributed by atoms with E-state index < -0.39 is 35.7 Å². The fourth-order valence-electron chi connectivity index (χ4n) is 3.65. The first-order valence-electron chi connectivity index (χ1n) is 12.3. The van der Waals surface area contributed by atoms with Crippen molar-refractivity contribution >= 4 is 18.0 Å². The Hall–Kier alpha value is -4.13. The van der Waals surface area contributed by atoms with E-state index in [2.05, 4.69) is 10.6 Å². The van der Waals surface area contributed by atoms with Crippen LogP contribution in [0.15, 0.2) is 91.0 Å². The van der Waals surface area contributed by atoms with Crippen LogP contribution in [-0.2, 0) is 38.5 Å². The molecule has 0 aliphatic heterocycles. The Morgan fingerprint density at radius 1 is 0.676 bits per heavy atom. The van der Waals surface area contributed by atoms with Gasteiger partial charge in [0.1, 0.15) is 24.3 Å². The van der Waals surface area contributed by atoms with Gasteiger partial charge in [-0.25, -0.2) is 9.59 Å². The van der Waals surface area contributed by atoms with E-state index in [9.17, 15) is 14.4 Å². The van der Waals surface area contributed by atoms with Gasteiger partial charge in [-0.3, -0.25) is 4.79 Å². The molecule has 0 spiro atoms. The molecule has 3 aromatic rings. The highest BCUT2D eigenvalue weighted by atomic mass is 16.6. The molecule has 2 amide bonds. The maximum atomic E-state index is 13.4. The maximum Gasteiger partial charge on any atom is 0.408 e. The Balaban J connectivity index is 1.77. The summed E-state index contributed by atoms with van der Waals surface area (Å²) < 4.78 is 10.9. The number of alkyl carbamates (subject to hydrolysis) is 1. The van der Waals surface area contributed by atoms with Crippen LogP contribution in [0.25, 0.3) is 0 Å². The highest BCUT2D eigenvalue weighted by Crippen LogP contribution is 2.11. The zero-order valence-electron chi connectivity index (χ0n) is 21.5. The van der Waals surface area contributed by atoms with E-state index >= 15 is 0 Å². The summed E-state index contributed by atoms with van der Waals surface area (Å²) in [5.74, 6) is -1.07. The van der Waals surface area contributed by atoms with Gasteiger partial charge in [0, 0.05) is 12.8 Å². The lowest BCUT2D eigenvalue weighted by Crippen LogP contribution is -2.54. The number of hydrogen-bond acceptors (Lipinski definition) is 5. The molecule has 0 unspecified atom stereocenters. The first-order chi connectivity index (χ1) is 17.7. The standard InChI is InChI=1S/C30H34N2O5/c1-30(2,3)37-29(35)32-25(19-22-13-7-4-8-14-22)27(33)31-26(20-23-15-9-5-10-16-23)28(34)36-21-24-17-11-6-12-18-24/h4-18,25-26H,19-21H2,1-3H3,(H,31,33)(H,32,35)/t25-,26-/m0/s1. The van der Waals surface area contributed by atoms with Crippen LogP contribution >= 0.6 is 0 Å². The van der Waals surface area contributed by atoms with Crippen molar-refractivity contribution in [2.75, 3.05) is 0 Å². The van der Waals surface area contributed by atoms with Crippen LogP contribution in [0, 0.1) is 0 Å². The molecule has 0 heterocycles. The Bertz CT molecular complexity index is 1140. The second kappa shape index (κ2) is 13.3. The molecule has 7 heteroatoms. The first kappa shape index (κ1) is 27.5. The number of rotatable bonds is 10. The van der Waals surface area contributed by atoms with Crippen LogP contribution in [0.5, 0.6) is 0 Å². The average molecular weight is 503 g/mol. The van der Waals surface area contributed by atoms with Crippen molar-refractivity contribution in [1.82, 2.24) is 10.6 Å². The van der Waals surface area contributed by atoms with Crippen LogP contribution in [0.1, 0.15) is 37.5 Å². The van der Waals surface area contributed by atoms with Crippen molar-refractivity contribution in [2.45, 2.75) is 57.9 Å². The molecule has 2 atom stereocenters. The SMILES string of the molecule is CC(C)(C)OC(=O)N[C@@H](Cc1ccccc1)C(=O)N[C@@H](Cc1ccccc1)C(=O)OCc1ccccc1. The molecule has 0 bridgehead atoms. The van der Waals surface area contributed by atoms with E-state index in [0.29, 0.717) is 0 Å². The molecule has 7 nitrogen and oxygen atoms in total. The first-order valence-corrected chi connectivity index (χ1v) is 12.3. The van der Waals surface area contributed by atoms with E-state index in [1.54, 1.807) is 20.8 Å². The van der Waals surface area contributed by atoms with Crippen molar-refractivity contribution in [3.63, 3.8) is 0 Å². The van der Waals surface area contributed by atoms with Gasteiger partial charge < -0.3 is 20.1 Å². The van der Waals surface area contributed by atoms with Crippen molar-refractivity contribution < 1.29 is 23.9 Å². The van der Waals surface area contributed by atoms with Crippen LogP contribution in [0.2, 0.25) is 0 Å². The van der Waals surface area contributed by atoms with Gasteiger partial charge in [0.2, 0.25) is 5.91 Å². The zero-order valence-corrected chi connectivity index (χ0v) is 21.5. The summed E-state index contributed by atoms with van der Waals surface area (Å²) in [6, 6.07) is 26.1. The summed E-state index contributed by atoms with van der Waals surface area (Å²) in [7, 11) is 0. The summed E-state index contributed by atoms with van der Waals surface area (Å²) >= 11 is 0. The lowest BCUT2D eigenvalue weighted by atomic mass is 10.0. The highest BCUT2D eigenvalue weighted by molar-refractivity contribution is 5.90. The summed E-state index contributed by atoms with van der Waals surface area (Å²) in [4.78, 5) is 39.1. The van der Waals surface area contributed by atoms with Gasteiger partial charge in [0.25, 0.3) is 0 Å². The molecule has 37 heavy (non-hydrogen) atoms. The molecular formula is C30H34N2O5. The summed E-state index contributed by atoms with van der Waals surface area (Å²) in [6.07, 6.45) is -0.247. The van der Waals surface area contributed by atoms with Gasteiger partial charge in [-0.1, -0.05) is 91.0 Å². The Morgan fingerprint density at radius 2 is 1.14 bits per heavy atom. The molecule has 3 rings (SSSR count). The van der Waals surface area contributed by atoms with Gasteiger partial charge in [-0.2, -0.15) is 0 Å². The number of hydrogen-bond donors (Lipinski definition) is 2. The quantitative estimate of drug-likeness (QED) is 0.396. The van der Waals surface area contributed by atoms with Crippen LogP contribution in [-0.4, -0.2) is 35.7 Å². The van der Waals surface area contributed by atoms with Crippen molar-refractivity contribution in [3.05, 3.63) is 108 Å². The summed E-state index contributed by atoms with van der Waals surface area (Å²) in [5, 5.41) is 5.47. The van der Waals surface area contributed by atoms with Crippen LogP contribution in [0.4, 0.5) is 4.79 Å². The summed E-state index contributed by atoms with van der Waals surface area (Å²) in [6.45, 7) is 5.33. The van der Waals surface area contributed by atoms with E-state index in [-0.39, 0.29) is 19.4 Å². The predicted octanol–water partition coefficient (Wildman–Crippen LogP) is 4.59. The lowest BCUT2D eigenvalue weighted by Gasteiger charge is -2.25. The van der Waals surface area contributed by atoms with E-state index in [4.69, 9.17) is 9.47 Å². The van der Waals surface area contributed by atoms with Gasteiger partial charge in [-0.05, 0) is 37.5 Å². The molecule has 0 aliphatic rings. The van der Waals surface area contributed by atoms with E-state index in [1.165, 1.54) is 0 Å². The second-order valence-corrected chi connectivity index (χ2v) is 9.73. The Kier molecular flexibility index (Phi) is 9.84. The monoisotopic (exact) mass is 502 g/mol. The smallest absolute Gasteiger partial charge is 0.408 e. The van der Waals surface area contributed by atoms with Gasteiger partial charge in [0.15, 0.2) is 0 Å².